The topological polar surface area (TPSA) is 83.5 Å². The summed E-state index contributed by atoms with van der Waals surface area (Å²) in [6.07, 6.45) is 10.9. The molecule has 0 radical (unpaired) electrons. The Hall–Kier alpha value is -2.35. The average Bonchev–Trinajstić information content (AvgIpc) is 3.35. The molecular weight excluding hydrogens is 366 g/mol. The van der Waals surface area contributed by atoms with Crippen molar-refractivity contribution in [1.29, 1.82) is 0 Å². The molecule has 1 saturated heterocycles. The van der Waals surface area contributed by atoms with E-state index < -0.39 is 0 Å². The number of hydrogen-bond acceptors (Lipinski definition) is 5. The number of nitrogens with zero attached hydrogens (tertiary/aromatic N) is 5. The highest BCUT2D eigenvalue weighted by atomic mass is 16.3. The molecular formula is C21H35N7O. The van der Waals surface area contributed by atoms with Crippen LogP contribution in [0.4, 0.5) is 0 Å². The molecule has 8 heteroatoms. The zero-order valence-electron chi connectivity index (χ0n) is 17.6. The second-order valence-electron chi connectivity index (χ2n) is 7.50. The molecule has 2 aromatic heterocycles. The minimum Gasteiger partial charge on any atom is -0.467 e. The third-order valence-electron chi connectivity index (χ3n) is 5.27. The Labute approximate surface area is 173 Å². The molecule has 160 valence electrons. The van der Waals surface area contributed by atoms with Gasteiger partial charge in [-0.25, -0.2) is 4.99 Å². The van der Waals surface area contributed by atoms with Gasteiger partial charge >= 0.3 is 0 Å². The fourth-order valence-corrected chi connectivity index (χ4v) is 3.64. The molecule has 0 saturated carbocycles. The number of furan rings is 1. The third-order valence-corrected chi connectivity index (χ3v) is 5.27. The van der Waals surface area contributed by atoms with E-state index in [1.54, 1.807) is 12.6 Å². The number of aromatic nitrogens is 3. The third kappa shape index (κ3) is 7.53. The summed E-state index contributed by atoms with van der Waals surface area (Å²) < 4.78 is 7.48. The SMILES string of the molecule is CCc1nncn1CCNC(=NCc1ccco1)NCCCN1CCCCCC1. The number of aliphatic imine (C=N–C) groups is 1. The van der Waals surface area contributed by atoms with Gasteiger partial charge < -0.3 is 24.5 Å². The smallest absolute Gasteiger partial charge is 0.191 e. The normalized spacial score (nSPS) is 16.0. The Morgan fingerprint density at radius 2 is 1.97 bits per heavy atom. The molecule has 0 aromatic carbocycles. The van der Waals surface area contributed by atoms with E-state index in [0.717, 1.165) is 56.6 Å². The van der Waals surface area contributed by atoms with Crippen molar-refractivity contribution in [2.24, 2.45) is 4.99 Å². The fourth-order valence-electron chi connectivity index (χ4n) is 3.64. The maximum Gasteiger partial charge on any atom is 0.191 e. The quantitative estimate of drug-likeness (QED) is 0.361. The van der Waals surface area contributed by atoms with Crippen LogP contribution in [0.1, 0.15) is 50.6 Å². The fraction of sp³-hybridized carbons (Fsp3) is 0.667. The zero-order valence-corrected chi connectivity index (χ0v) is 17.6. The first kappa shape index (κ1) is 21.4. The molecule has 29 heavy (non-hydrogen) atoms. The number of guanidine groups is 1. The van der Waals surface area contributed by atoms with Crippen LogP contribution in [-0.4, -0.2) is 58.3 Å². The van der Waals surface area contributed by atoms with E-state index in [9.17, 15) is 0 Å². The van der Waals surface area contributed by atoms with Crippen LogP contribution < -0.4 is 10.6 Å². The van der Waals surface area contributed by atoms with Gasteiger partial charge in [0.05, 0.1) is 6.26 Å². The standard InChI is InChI=1S/C21H35N7O/c1-2-20-26-25-18-28(20)15-11-23-21(24-17-19-9-7-16-29-19)22-10-8-14-27-12-5-3-4-6-13-27/h7,9,16,18H,2-6,8,10-15,17H2,1H3,(H2,22,23,24). The van der Waals surface area contributed by atoms with E-state index in [2.05, 4.69) is 42.2 Å². The molecule has 1 fully saturated rings. The Morgan fingerprint density at radius 3 is 2.72 bits per heavy atom. The lowest BCUT2D eigenvalue weighted by Gasteiger charge is -2.20. The van der Waals surface area contributed by atoms with Crippen molar-refractivity contribution in [3.8, 4) is 0 Å². The van der Waals surface area contributed by atoms with Gasteiger partial charge in [-0.05, 0) is 51.0 Å². The van der Waals surface area contributed by atoms with E-state index in [1.807, 2.05) is 12.1 Å². The highest BCUT2D eigenvalue weighted by Crippen LogP contribution is 2.09. The van der Waals surface area contributed by atoms with Crippen LogP contribution in [0.2, 0.25) is 0 Å². The summed E-state index contributed by atoms with van der Waals surface area (Å²) in [6, 6.07) is 3.84. The summed E-state index contributed by atoms with van der Waals surface area (Å²) >= 11 is 0. The zero-order chi connectivity index (χ0) is 20.2. The molecule has 8 nitrogen and oxygen atoms in total. The maximum absolute atomic E-state index is 5.40. The first-order valence-corrected chi connectivity index (χ1v) is 11.0. The van der Waals surface area contributed by atoms with Crippen molar-refractivity contribution in [1.82, 2.24) is 30.3 Å². The second kappa shape index (κ2) is 12.3. The van der Waals surface area contributed by atoms with E-state index in [-0.39, 0.29) is 0 Å². The minimum atomic E-state index is 0.529. The number of likely N-dealkylation sites (tertiary alicyclic amines) is 1. The molecule has 2 aromatic rings. The van der Waals surface area contributed by atoms with E-state index in [4.69, 9.17) is 4.42 Å². The van der Waals surface area contributed by atoms with Gasteiger partial charge in [-0.1, -0.05) is 19.8 Å². The summed E-state index contributed by atoms with van der Waals surface area (Å²) in [5, 5.41) is 15.0. The summed E-state index contributed by atoms with van der Waals surface area (Å²) in [5.41, 5.74) is 0. The Balaban J connectivity index is 1.44. The Morgan fingerprint density at radius 1 is 1.14 bits per heavy atom. The van der Waals surface area contributed by atoms with Gasteiger partial charge in [0.25, 0.3) is 0 Å². The molecule has 0 unspecified atom stereocenters. The van der Waals surface area contributed by atoms with Crippen LogP contribution in [0.5, 0.6) is 0 Å². The molecule has 2 N–H and O–H groups in total. The lowest BCUT2D eigenvalue weighted by atomic mass is 10.2. The van der Waals surface area contributed by atoms with Crippen molar-refractivity contribution in [3.63, 3.8) is 0 Å². The van der Waals surface area contributed by atoms with Gasteiger partial charge in [0.2, 0.25) is 0 Å². The molecule has 0 atom stereocenters. The van der Waals surface area contributed by atoms with Crippen molar-refractivity contribution < 1.29 is 4.42 Å². The van der Waals surface area contributed by atoms with Gasteiger partial charge in [-0.3, -0.25) is 0 Å². The molecule has 0 amide bonds. The number of nitrogens with one attached hydrogen (secondary N) is 2. The van der Waals surface area contributed by atoms with E-state index in [1.165, 1.54) is 38.8 Å². The second-order valence-corrected chi connectivity index (χ2v) is 7.50. The average molecular weight is 402 g/mol. The first-order valence-electron chi connectivity index (χ1n) is 11.0. The van der Waals surface area contributed by atoms with E-state index >= 15 is 0 Å². The van der Waals surface area contributed by atoms with Crippen LogP contribution in [0.3, 0.4) is 0 Å². The summed E-state index contributed by atoms with van der Waals surface area (Å²) in [5.74, 6) is 2.69. The predicted molar refractivity (Wildman–Crippen MR) is 115 cm³/mol. The summed E-state index contributed by atoms with van der Waals surface area (Å²) in [6.45, 7) is 8.75. The molecule has 1 aliphatic heterocycles. The summed E-state index contributed by atoms with van der Waals surface area (Å²) in [4.78, 5) is 7.27. The number of aryl methyl sites for hydroxylation is 1. The van der Waals surface area contributed by atoms with Crippen molar-refractivity contribution >= 4 is 5.96 Å². The van der Waals surface area contributed by atoms with Gasteiger partial charge in [0, 0.05) is 26.1 Å². The summed E-state index contributed by atoms with van der Waals surface area (Å²) in [7, 11) is 0. The van der Waals surface area contributed by atoms with E-state index in [0.29, 0.717) is 6.54 Å². The van der Waals surface area contributed by atoms with Crippen LogP contribution in [0.15, 0.2) is 34.1 Å². The molecule has 0 aliphatic carbocycles. The molecule has 0 bridgehead atoms. The lowest BCUT2D eigenvalue weighted by molar-refractivity contribution is 0.282. The van der Waals surface area contributed by atoms with Crippen molar-refractivity contribution in [3.05, 3.63) is 36.3 Å². The Kier molecular flexibility index (Phi) is 9.03. The number of rotatable bonds is 10. The van der Waals surface area contributed by atoms with Crippen molar-refractivity contribution in [2.45, 2.75) is 58.5 Å². The Bertz CT molecular complexity index is 702. The van der Waals surface area contributed by atoms with Gasteiger partial charge in [0.15, 0.2) is 5.96 Å². The largest absolute Gasteiger partial charge is 0.467 e. The van der Waals surface area contributed by atoms with Crippen LogP contribution in [0, 0.1) is 0 Å². The minimum absolute atomic E-state index is 0.529. The molecule has 3 rings (SSSR count). The van der Waals surface area contributed by atoms with Gasteiger partial charge in [0.1, 0.15) is 24.5 Å². The monoisotopic (exact) mass is 401 g/mol. The van der Waals surface area contributed by atoms with Crippen LogP contribution >= 0.6 is 0 Å². The first-order chi connectivity index (χ1) is 14.3. The predicted octanol–water partition coefficient (Wildman–Crippen LogP) is 2.43. The highest BCUT2D eigenvalue weighted by molar-refractivity contribution is 5.79. The van der Waals surface area contributed by atoms with Gasteiger partial charge in [-0.2, -0.15) is 0 Å². The maximum atomic E-state index is 5.40. The molecule has 0 spiro atoms. The molecule has 3 heterocycles. The van der Waals surface area contributed by atoms with Crippen LogP contribution in [0.25, 0.3) is 0 Å². The van der Waals surface area contributed by atoms with Gasteiger partial charge in [-0.15, -0.1) is 10.2 Å². The van der Waals surface area contributed by atoms with Crippen molar-refractivity contribution in [2.75, 3.05) is 32.7 Å². The number of hydrogen-bond donors (Lipinski definition) is 2. The highest BCUT2D eigenvalue weighted by Gasteiger charge is 2.08. The molecule has 1 aliphatic rings. The lowest BCUT2D eigenvalue weighted by Crippen LogP contribution is -2.40. The van der Waals surface area contributed by atoms with Crippen LogP contribution in [-0.2, 0) is 19.5 Å².